The van der Waals surface area contributed by atoms with Crippen molar-refractivity contribution in [3.63, 3.8) is 0 Å². The second-order valence-corrected chi connectivity index (χ2v) is 5.69. The molecule has 0 saturated heterocycles. The highest BCUT2D eigenvalue weighted by Crippen LogP contribution is 2.40. The Morgan fingerprint density at radius 3 is 2.67 bits per heavy atom. The molecule has 0 unspecified atom stereocenters. The Kier molecular flexibility index (Phi) is 4.31. The monoisotopic (exact) mass is 349 g/mol. The summed E-state index contributed by atoms with van der Waals surface area (Å²) in [5.74, 6) is 1.55. The maximum absolute atomic E-state index is 8.90. The number of ether oxygens (including phenoxy) is 2. The lowest BCUT2D eigenvalue weighted by Gasteiger charge is -2.09. The van der Waals surface area contributed by atoms with Crippen molar-refractivity contribution in [1.82, 2.24) is 0 Å². The van der Waals surface area contributed by atoms with Crippen molar-refractivity contribution in [2.45, 2.75) is 13.0 Å². The van der Waals surface area contributed by atoms with E-state index in [2.05, 4.69) is 21.2 Å². The molecule has 21 heavy (non-hydrogen) atoms. The minimum atomic E-state index is 0.179. The van der Waals surface area contributed by atoms with Crippen LogP contribution < -0.4 is 14.8 Å². The molecule has 110 valence electrons. The summed E-state index contributed by atoms with van der Waals surface area (Å²) in [6, 6.07) is 12.1. The second-order valence-electron chi connectivity index (χ2n) is 4.84. The molecule has 0 saturated carbocycles. The summed E-state index contributed by atoms with van der Waals surface area (Å²) in [6.07, 6.45) is 0.690. The van der Waals surface area contributed by atoms with Crippen LogP contribution in [-0.2, 0) is 13.0 Å². The molecule has 2 N–H and O–H groups in total. The lowest BCUT2D eigenvalue weighted by Crippen LogP contribution is -2.00. The number of rotatable bonds is 5. The number of hydrogen-bond donors (Lipinski definition) is 2. The van der Waals surface area contributed by atoms with E-state index >= 15 is 0 Å². The third-order valence-corrected chi connectivity index (χ3v) is 3.93. The number of nitrogens with one attached hydrogen (secondary N) is 1. The minimum absolute atomic E-state index is 0.179. The lowest BCUT2D eigenvalue weighted by atomic mass is 10.1. The third-order valence-electron chi connectivity index (χ3n) is 3.34. The Labute approximate surface area is 131 Å². The van der Waals surface area contributed by atoms with Crippen LogP contribution in [0.3, 0.4) is 0 Å². The average Bonchev–Trinajstić information content (AvgIpc) is 2.96. The van der Waals surface area contributed by atoms with Crippen molar-refractivity contribution < 1.29 is 14.6 Å². The van der Waals surface area contributed by atoms with Crippen molar-refractivity contribution in [2.75, 3.05) is 18.7 Å². The first-order valence-electron chi connectivity index (χ1n) is 6.78. The van der Waals surface area contributed by atoms with E-state index in [0.717, 1.165) is 32.8 Å². The van der Waals surface area contributed by atoms with Gasteiger partial charge in [0.05, 0.1) is 4.47 Å². The number of aliphatic hydroxyl groups is 1. The van der Waals surface area contributed by atoms with E-state index in [1.165, 1.54) is 0 Å². The van der Waals surface area contributed by atoms with E-state index in [9.17, 15) is 0 Å². The van der Waals surface area contributed by atoms with E-state index in [4.69, 9.17) is 14.6 Å². The zero-order valence-electron chi connectivity index (χ0n) is 11.4. The Hall–Kier alpha value is -1.72. The molecule has 2 aromatic rings. The summed E-state index contributed by atoms with van der Waals surface area (Å²) < 4.78 is 11.7. The minimum Gasteiger partial charge on any atom is -0.454 e. The molecule has 0 aliphatic carbocycles. The number of fused-ring (bicyclic) bond motifs is 1. The van der Waals surface area contributed by atoms with Crippen molar-refractivity contribution in [2.24, 2.45) is 0 Å². The molecule has 2 aromatic carbocycles. The van der Waals surface area contributed by atoms with Crippen LogP contribution in [0.4, 0.5) is 5.69 Å². The van der Waals surface area contributed by atoms with Crippen LogP contribution >= 0.6 is 15.9 Å². The fourth-order valence-corrected chi connectivity index (χ4v) is 2.85. The first-order valence-corrected chi connectivity index (χ1v) is 7.57. The Bertz CT molecular complexity index is 628. The van der Waals surface area contributed by atoms with Crippen molar-refractivity contribution in [3.05, 3.63) is 52.0 Å². The van der Waals surface area contributed by atoms with Gasteiger partial charge in [-0.2, -0.15) is 0 Å². The number of halogens is 1. The fraction of sp³-hybridized carbons (Fsp3) is 0.250. The van der Waals surface area contributed by atoms with E-state index in [1.807, 2.05) is 36.4 Å². The lowest BCUT2D eigenvalue weighted by molar-refractivity contribution is 0.173. The molecule has 0 spiro atoms. The summed E-state index contributed by atoms with van der Waals surface area (Å²) in [4.78, 5) is 0. The van der Waals surface area contributed by atoms with E-state index in [-0.39, 0.29) is 13.4 Å². The molecule has 0 amide bonds. The van der Waals surface area contributed by atoms with Gasteiger partial charge in [-0.15, -0.1) is 0 Å². The zero-order valence-corrected chi connectivity index (χ0v) is 13.0. The molecule has 0 fully saturated rings. The molecule has 0 bridgehead atoms. The smallest absolute Gasteiger partial charge is 0.231 e. The van der Waals surface area contributed by atoms with Gasteiger partial charge in [-0.25, -0.2) is 0 Å². The summed E-state index contributed by atoms with van der Waals surface area (Å²) in [7, 11) is 0. The highest BCUT2D eigenvalue weighted by molar-refractivity contribution is 9.10. The molecule has 1 aliphatic rings. The first-order chi connectivity index (χ1) is 10.3. The van der Waals surface area contributed by atoms with E-state index < -0.39 is 0 Å². The van der Waals surface area contributed by atoms with Crippen LogP contribution in [0.25, 0.3) is 0 Å². The van der Waals surface area contributed by atoms with Gasteiger partial charge in [-0.1, -0.05) is 12.1 Å². The first kappa shape index (κ1) is 14.2. The van der Waals surface area contributed by atoms with Crippen molar-refractivity contribution in [3.8, 4) is 11.5 Å². The summed E-state index contributed by atoms with van der Waals surface area (Å²) in [5.41, 5.74) is 3.30. The van der Waals surface area contributed by atoms with Gasteiger partial charge in [0.15, 0.2) is 11.5 Å². The fourth-order valence-electron chi connectivity index (χ4n) is 2.25. The number of anilines is 1. The predicted molar refractivity (Wildman–Crippen MR) is 84.8 cm³/mol. The zero-order chi connectivity index (χ0) is 14.7. The molecule has 4 nitrogen and oxygen atoms in total. The molecular weight excluding hydrogens is 334 g/mol. The highest BCUT2D eigenvalue weighted by Gasteiger charge is 2.17. The predicted octanol–water partition coefficient (Wildman–Crippen LogP) is 3.32. The number of hydrogen-bond acceptors (Lipinski definition) is 4. The number of benzene rings is 2. The summed E-state index contributed by atoms with van der Waals surface area (Å²) >= 11 is 3.49. The second kappa shape index (κ2) is 6.37. The van der Waals surface area contributed by atoms with Gasteiger partial charge < -0.3 is 19.9 Å². The maximum Gasteiger partial charge on any atom is 0.231 e. The molecule has 0 atom stereocenters. The van der Waals surface area contributed by atoms with Gasteiger partial charge in [0.2, 0.25) is 6.79 Å². The van der Waals surface area contributed by atoms with Gasteiger partial charge in [-0.3, -0.25) is 0 Å². The van der Waals surface area contributed by atoms with Crippen molar-refractivity contribution >= 4 is 21.6 Å². The Balaban J connectivity index is 1.66. The molecule has 1 heterocycles. The van der Waals surface area contributed by atoms with Crippen LogP contribution in [0, 0.1) is 0 Å². The van der Waals surface area contributed by atoms with Gasteiger partial charge in [0, 0.05) is 18.8 Å². The molecule has 0 aromatic heterocycles. The molecule has 1 aliphatic heterocycles. The maximum atomic E-state index is 8.90. The van der Waals surface area contributed by atoms with Crippen molar-refractivity contribution in [1.29, 1.82) is 0 Å². The van der Waals surface area contributed by atoms with Crippen LogP contribution in [0.2, 0.25) is 0 Å². The van der Waals surface area contributed by atoms with E-state index in [1.54, 1.807) is 0 Å². The third kappa shape index (κ3) is 3.31. The summed E-state index contributed by atoms with van der Waals surface area (Å²) in [5, 5.41) is 12.3. The quantitative estimate of drug-likeness (QED) is 0.869. The Morgan fingerprint density at radius 2 is 1.90 bits per heavy atom. The molecule has 5 heteroatoms. The van der Waals surface area contributed by atoms with Gasteiger partial charge in [-0.05, 0) is 57.7 Å². The van der Waals surface area contributed by atoms with Crippen LogP contribution in [0.5, 0.6) is 11.5 Å². The largest absolute Gasteiger partial charge is 0.454 e. The summed E-state index contributed by atoms with van der Waals surface area (Å²) in [6.45, 7) is 1.16. The molecule has 0 radical (unpaired) electrons. The molecule has 3 rings (SSSR count). The topological polar surface area (TPSA) is 50.7 Å². The standard InChI is InChI=1S/C16H16BrNO3/c17-14-7-12(8-15-16(14)21-10-20-15)9-18-13-3-1-11(2-4-13)5-6-19/h1-4,7-8,18-19H,5-6,9-10H2. The van der Waals surface area contributed by atoms with Crippen LogP contribution in [0.15, 0.2) is 40.9 Å². The molecular formula is C16H16BrNO3. The highest BCUT2D eigenvalue weighted by atomic mass is 79.9. The SMILES string of the molecule is OCCc1ccc(NCc2cc(Br)c3c(c2)OCO3)cc1. The van der Waals surface area contributed by atoms with Gasteiger partial charge >= 0.3 is 0 Å². The van der Waals surface area contributed by atoms with Crippen LogP contribution in [0.1, 0.15) is 11.1 Å². The normalized spacial score (nSPS) is 12.5. The Morgan fingerprint density at radius 1 is 1.10 bits per heavy atom. The van der Waals surface area contributed by atoms with E-state index in [0.29, 0.717) is 13.0 Å². The average molecular weight is 350 g/mol. The van der Waals surface area contributed by atoms with Gasteiger partial charge in [0.1, 0.15) is 0 Å². The number of aliphatic hydroxyl groups excluding tert-OH is 1. The van der Waals surface area contributed by atoms with Crippen LogP contribution in [-0.4, -0.2) is 18.5 Å². The van der Waals surface area contributed by atoms with Gasteiger partial charge in [0.25, 0.3) is 0 Å².